The fourth-order valence-electron chi connectivity index (χ4n) is 8.50. The van der Waals surface area contributed by atoms with E-state index in [1.54, 1.807) is 0 Å². The largest absolute Gasteiger partial charge is 0.462 e. The second kappa shape index (κ2) is 60.9. The Balaban J connectivity index is 4.47. The summed E-state index contributed by atoms with van der Waals surface area (Å²) >= 11 is 0. The maximum atomic E-state index is 12.9. The van der Waals surface area contributed by atoms with Gasteiger partial charge in [0.05, 0.1) is 0 Å². The number of esters is 3. The summed E-state index contributed by atoms with van der Waals surface area (Å²) in [5.74, 6) is -0.931. The molecule has 0 rings (SSSR count). The lowest BCUT2D eigenvalue weighted by Crippen LogP contribution is -2.30. The highest BCUT2D eigenvalue weighted by atomic mass is 16.6. The van der Waals surface area contributed by atoms with Gasteiger partial charge in [0.1, 0.15) is 13.2 Å². The van der Waals surface area contributed by atoms with Gasteiger partial charge in [-0.25, -0.2) is 0 Å². The van der Waals surface area contributed by atoms with E-state index < -0.39 is 6.10 Å². The molecule has 0 radical (unpaired) electrons. The van der Waals surface area contributed by atoms with Crippen molar-refractivity contribution < 1.29 is 28.6 Å². The van der Waals surface area contributed by atoms with Crippen LogP contribution in [0.25, 0.3) is 0 Å². The van der Waals surface area contributed by atoms with Crippen molar-refractivity contribution >= 4 is 17.9 Å². The molecule has 0 fully saturated rings. The number of unbranched alkanes of at least 4 members (excludes halogenated alkanes) is 33. The first-order valence-corrected chi connectivity index (χ1v) is 30.8. The molecule has 1 atom stereocenters. The smallest absolute Gasteiger partial charge is 0.306 e. The maximum Gasteiger partial charge on any atom is 0.306 e. The molecular weight excluding hydrogens is 901 g/mol. The lowest BCUT2D eigenvalue weighted by Gasteiger charge is -2.18. The third-order valence-electron chi connectivity index (χ3n) is 13.2. The molecule has 0 N–H and O–H groups in total. The molecule has 6 nitrogen and oxygen atoms in total. The number of carbonyl (C=O) groups is 3. The number of hydrogen-bond donors (Lipinski definition) is 0. The van der Waals surface area contributed by atoms with Gasteiger partial charge >= 0.3 is 17.9 Å². The molecule has 0 aromatic heterocycles. The van der Waals surface area contributed by atoms with Gasteiger partial charge in [-0.1, -0.05) is 272 Å². The van der Waals surface area contributed by atoms with Crippen LogP contribution in [0.5, 0.6) is 0 Å². The second-order valence-electron chi connectivity index (χ2n) is 20.4. The van der Waals surface area contributed by atoms with Crippen molar-refractivity contribution in [2.45, 2.75) is 297 Å². The van der Waals surface area contributed by atoms with E-state index in [2.05, 4.69) is 118 Å². The fourth-order valence-corrected chi connectivity index (χ4v) is 8.50. The van der Waals surface area contributed by atoms with Crippen LogP contribution in [0.4, 0.5) is 0 Å². The van der Waals surface area contributed by atoms with E-state index in [0.29, 0.717) is 19.3 Å². The van der Waals surface area contributed by atoms with Gasteiger partial charge in [-0.3, -0.25) is 14.4 Å². The second-order valence-corrected chi connectivity index (χ2v) is 20.4. The molecule has 0 aromatic carbocycles. The van der Waals surface area contributed by atoms with Crippen molar-refractivity contribution in [3.63, 3.8) is 0 Å². The average molecular weight is 1020 g/mol. The zero-order valence-corrected chi connectivity index (χ0v) is 47.9. The monoisotopic (exact) mass is 1010 g/mol. The van der Waals surface area contributed by atoms with Crippen LogP contribution in [-0.2, 0) is 28.6 Å². The number of allylic oxidation sites excluding steroid dienone is 16. The summed E-state index contributed by atoms with van der Waals surface area (Å²) < 4.78 is 16.9. The SMILES string of the molecule is CCCCC/C=C\C=C/CCCCCCCCCCCCC(=O)OCC(COC(=O)CCCCCCC\C=C/C=C\C=C/CCCCCCC)OC(=O)CCCCCCC\C=C/C=C\C=C/CCCCCCC. The van der Waals surface area contributed by atoms with Crippen LogP contribution in [0.15, 0.2) is 97.2 Å². The molecule has 0 amide bonds. The Morgan fingerprint density at radius 3 is 0.795 bits per heavy atom. The predicted octanol–water partition coefficient (Wildman–Crippen LogP) is 20.9. The fraction of sp³-hybridized carbons (Fsp3) is 0.716. The standard InChI is InChI=1S/C67H114O6/c1-4-7-10-13-16-19-22-25-28-31-34-37-39-42-45-48-51-54-57-60-66(69)72-63-64(73-67(70)61-58-55-52-49-46-43-40-36-33-30-27-24-21-18-15-12-9-6-3)62-71-65(68)59-56-53-50-47-44-41-38-35-32-29-26-23-20-17-14-11-8-5-2/h16,19,22-27,29-30,32-33,35-36,38,40,64H,4-15,17-18,20-21,28,31,34,37,39,41-63H2,1-3H3/b19-16-,25-22-,26-23-,27-24-,32-29-,33-30-,38-35-,40-36-. The van der Waals surface area contributed by atoms with E-state index >= 15 is 0 Å². The zero-order chi connectivity index (χ0) is 52.9. The van der Waals surface area contributed by atoms with Crippen LogP contribution in [0.3, 0.4) is 0 Å². The van der Waals surface area contributed by atoms with Gasteiger partial charge in [0.25, 0.3) is 0 Å². The molecule has 0 spiro atoms. The highest BCUT2D eigenvalue weighted by molar-refractivity contribution is 5.71. The van der Waals surface area contributed by atoms with E-state index in [-0.39, 0.29) is 31.1 Å². The summed E-state index contributed by atoms with van der Waals surface area (Å²) in [5.41, 5.74) is 0. The number of hydrogen-bond acceptors (Lipinski definition) is 6. The summed E-state index contributed by atoms with van der Waals surface area (Å²) in [4.78, 5) is 38.3. The molecule has 6 heteroatoms. The first-order chi connectivity index (χ1) is 36.0. The van der Waals surface area contributed by atoms with Gasteiger partial charge in [-0.05, 0) is 96.3 Å². The van der Waals surface area contributed by atoms with Gasteiger partial charge in [0, 0.05) is 19.3 Å². The third-order valence-corrected chi connectivity index (χ3v) is 13.2. The Labute approximate surface area is 451 Å². The molecular formula is C67H114O6. The van der Waals surface area contributed by atoms with Crippen molar-refractivity contribution in [2.24, 2.45) is 0 Å². The molecule has 0 aliphatic rings. The molecule has 0 saturated carbocycles. The number of rotatable bonds is 55. The quantitative estimate of drug-likeness (QED) is 0.0261. The molecule has 0 aromatic rings. The van der Waals surface area contributed by atoms with Crippen LogP contribution < -0.4 is 0 Å². The summed E-state index contributed by atoms with van der Waals surface area (Å²) in [6.07, 6.45) is 81.0. The molecule has 1 unspecified atom stereocenters. The lowest BCUT2D eigenvalue weighted by atomic mass is 10.1. The van der Waals surface area contributed by atoms with Crippen molar-refractivity contribution in [2.75, 3.05) is 13.2 Å². The first-order valence-electron chi connectivity index (χ1n) is 30.8. The minimum absolute atomic E-state index is 0.0947. The Morgan fingerprint density at radius 1 is 0.274 bits per heavy atom. The summed E-state index contributed by atoms with van der Waals surface area (Å²) in [7, 11) is 0. The number of carbonyl (C=O) groups excluding carboxylic acids is 3. The molecule has 0 aliphatic carbocycles. The first kappa shape index (κ1) is 69.3. The predicted molar refractivity (Wildman–Crippen MR) is 316 cm³/mol. The minimum atomic E-state index is -0.801. The zero-order valence-electron chi connectivity index (χ0n) is 47.9. The van der Waals surface area contributed by atoms with Crippen LogP contribution in [0.2, 0.25) is 0 Å². The van der Waals surface area contributed by atoms with Gasteiger partial charge in [0.15, 0.2) is 6.10 Å². The minimum Gasteiger partial charge on any atom is -0.462 e. The van der Waals surface area contributed by atoms with E-state index in [1.807, 2.05) is 0 Å². The van der Waals surface area contributed by atoms with Crippen molar-refractivity contribution in [1.29, 1.82) is 0 Å². The van der Waals surface area contributed by atoms with Crippen molar-refractivity contribution in [3.8, 4) is 0 Å². The summed E-state index contributed by atoms with van der Waals surface area (Å²) in [6, 6.07) is 0. The molecule has 418 valence electrons. The van der Waals surface area contributed by atoms with Crippen molar-refractivity contribution in [3.05, 3.63) is 97.2 Å². The Kier molecular flexibility index (Phi) is 57.8. The topological polar surface area (TPSA) is 78.9 Å². The van der Waals surface area contributed by atoms with Gasteiger partial charge < -0.3 is 14.2 Å². The van der Waals surface area contributed by atoms with E-state index in [0.717, 1.165) is 109 Å². The van der Waals surface area contributed by atoms with E-state index in [4.69, 9.17) is 14.2 Å². The van der Waals surface area contributed by atoms with Gasteiger partial charge in [-0.2, -0.15) is 0 Å². The summed E-state index contributed by atoms with van der Waals surface area (Å²) in [6.45, 7) is 6.56. The Hall–Kier alpha value is -3.67. The van der Waals surface area contributed by atoms with Crippen LogP contribution >= 0.6 is 0 Å². The van der Waals surface area contributed by atoms with E-state index in [1.165, 1.54) is 141 Å². The molecule has 0 aliphatic heterocycles. The Morgan fingerprint density at radius 2 is 0.493 bits per heavy atom. The highest BCUT2D eigenvalue weighted by Crippen LogP contribution is 2.15. The summed E-state index contributed by atoms with van der Waals surface area (Å²) in [5, 5.41) is 0. The third kappa shape index (κ3) is 59.1. The van der Waals surface area contributed by atoms with Crippen molar-refractivity contribution in [1.82, 2.24) is 0 Å². The van der Waals surface area contributed by atoms with Gasteiger partial charge in [0.2, 0.25) is 0 Å². The molecule has 0 heterocycles. The molecule has 73 heavy (non-hydrogen) atoms. The molecule has 0 bridgehead atoms. The highest BCUT2D eigenvalue weighted by Gasteiger charge is 2.19. The average Bonchev–Trinajstić information content (AvgIpc) is 3.39. The Bertz CT molecular complexity index is 1440. The van der Waals surface area contributed by atoms with Gasteiger partial charge in [-0.15, -0.1) is 0 Å². The normalized spacial score (nSPS) is 12.8. The lowest BCUT2D eigenvalue weighted by molar-refractivity contribution is -0.167. The van der Waals surface area contributed by atoms with Crippen LogP contribution in [-0.4, -0.2) is 37.2 Å². The van der Waals surface area contributed by atoms with E-state index in [9.17, 15) is 14.4 Å². The maximum absolute atomic E-state index is 12.9. The van der Waals surface area contributed by atoms with Crippen LogP contribution in [0.1, 0.15) is 290 Å². The molecule has 0 saturated heterocycles. The number of ether oxygens (including phenoxy) is 3. The van der Waals surface area contributed by atoms with Crippen LogP contribution in [0, 0.1) is 0 Å².